The standard InChI is InChI=1S/C14H11F3N2O5S/c1-2-24-13(21)12(25(22,23)14(15,16)17)11(20)8-3-4-9-6-18-19-7-10(9)5-8/h3-7,20H,2H2,1H3/b12-11+. The highest BCUT2D eigenvalue weighted by Crippen LogP contribution is 2.34. The lowest BCUT2D eigenvalue weighted by Gasteiger charge is -2.13. The smallest absolute Gasteiger partial charge is 0.502 e. The van der Waals surface area contributed by atoms with Gasteiger partial charge in [0, 0.05) is 16.3 Å². The van der Waals surface area contributed by atoms with Gasteiger partial charge in [-0.05, 0) is 13.0 Å². The molecule has 1 heterocycles. The Morgan fingerprint density at radius 1 is 1.20 bits per heavy atom. The minimum absolute atomic E-state index is 0.323. The van der Waals surface area contributed by atoms with Gasteiger partial charge in [0.15, 0.2) is 0 Å². The first kappa shape index (κ1) is 18.6. The number of fused-ring (bicyclic) bond motifs is 1. The van der Waals surface area contributed by atoms with Gasteiger partial charge in [0.05, 0.1) is 19.0 Å². The molecule has 2 aromatic rings. The second-order valence-corrected chi connectivity index (χ2v) is 6.56. The maximum atomic E-state index is 12.9. The van der Waals surface area contributed by atoms with Gasteiger partial charge >= 0.3 is 11.5 Å². The average Bonchev–Trinajstić information content (AvgIpc) is 2.53. The molecule has 0 aliphatic carbocycles. The number of hydrogen-bond donors (Lipinski definition) is 1. The first-order valence-electron chi connectivity index (χ1n) is 6.72. The lowest BCUT2D eigenvalue weighted by Crippen LogP contribution is -2.30. The van der Waals surface area contributed by atoms with Crippen molar-refractivity contribution in [2.75, 3.05) is 6.61 Å². The number of halogens is 3. The van der Waals surface area contributed by atoms with Crippen LogP contribution in [0.3, 0.4) is 0 Å². The number of nitrogens with zero attached hydrogens (tertiary/aromatic N) is 2. The Morgan fingerprint density at radius 3 is 2.36 bits per heavy atom. The summed E-state index contributed by atoms with van der Waals surface area (Å²) in [5.41, 5.74) is -6.11. The predicted octanol–water partition coefficient (Wildman–Crippen LogP) is 2.35. The number of esters is 1. The summed E-state index contributed by atoms with van der Waals surface area (Å²) in [6.07, 6.45) is 2.62. The number of carbonyl (C=O) groups is 1. The summed E-state index contributed by atoms with van der Waals surface area (Å²) in [6.45, 7) is 0.901. The molecule has 0 amide bonds. The van der Waals surface area contributed by atoms with Crippen LogP contribution in [0, 0.1) is 0 Å². The molecule has 1 N–H and O–H groups in total. The first-order chi connectivity index (χ1) is 11.6. The number of aliphatic hydroxyl groups is 1. The summed E-state index contributed by atoms with van der Waals surface area (Å²) >= 11 is 0. The van der Waals surface area contributed by atoms with Crippen LogP contribution in [-0.2, 0) is 19.4 Å². The van der Waals surface area contributed by atoms with Gasteiger partial charge in [-0.2, -0.15) is 23.4 Å². The summed E-state index contributed by atoms with van der Waals surface area (Å²) in [6, 6.07) is 3.69. The highest BCUT2D eigenvalue weighted by atomic mass is 32.2. The number of benzene rings is 1. The SMILES string of the molecule is CCOC(=O)/C(=C(\O)c1ccc2cnncc2c1)S(=O)(=O)C(F)(F)F. The molecule has 1 aromatic carbocycles. The normalized spacial score (nSPS) is 13.4. The monoisotopic (exact) mass is 376 g/mol. The molecule has 0 aliphatic rings. The third-order valence-electron chi connectivity index (χ3n) is 3.07. The molecule has 0 saturated carbocycles. The maximum absolute atomic E-state index is 12.9. The van der Waals surface area contributed by atoms with Crippen molar-refractivity contribution in [3.63, 3.8) is 0 Å². The van der Waals surface area contributed by atoms with E-state index < -0.39 is 32.0 Å². The molecule has 0 atom stereocenters. The van der Waals surface area contributed by atoms with Crippen molar-refractivity contribution in [2.45, 2.75) is 12.4 Å². The molecule has 134 valence electrons. The van der Waals surface area contributed by atoms with Crippen LogP contribution in [0.1, 0.15) is 12.5 Å². The molecule has 25 heavy (non-hydrogen) atoms. The number of ether oxygens (including phenoxy) is 1. The second kappa shape index (κ2) is 6.67. The minimum Gasteiger partial charge on any atom is -0.506 e. The molecule has 0 aliphatic heterocycles. The van der Waals surface area contributed by atoms with E-state index in [-0.39, 0.29) is 12.2 Å². The van der Waals surface area contributed by atoms with Gasteiger partial charge < -0.3 is 9.84 Å². The maximum Gasteiger partial charge on any atom is 0.502 e. The van der Waals surface area contributed by atoms with Crippen molar-refractivity contribution in [3.8, 4) is 0 Å². The van der Waals surface area contributed by atoms with Crippen LogP contribution in [0.15, 0.2) is 35.5 Å². The highest BCUT2D eigenvalue weighted by molar-refractivity contribution is 7.97. The molecule has 0 saturated heterocycles. The van der Waals surface area contributed by atoms with Crippen LogP contribution < -0.4 is 0 Å². The average molecular weight is 376 g/mol. The molecule has 11 heteroatoms. The van der Waals surface area contributed by atoms with E-state index in [1.165, 1.54) is 31.5 Å². The first-order valence-corrected chi connectivity index (χ1v) is 8.20. The Morgan fingerprint density at radius 2 is 1.80 bits per heavy atom. The molecule has 1 aromatic heterocycles. The van der Waals surface area contributed by atoms with Crippen molar-refractivity contribution in [2.24, 2.45) is 0 Å². The number of carbonyl (C=O) groups excluding carboxylic acids is 1. The quantitative estimate of drug-likeness (QED) is 0.496. The van der Waals surface area contributed by atoms with Crippen LogP contribution in [0.25, 0.3) is 16.5 Å². The zero-order valence-corrected chi connectivity index (χ0v) is 13.4. The van der Waals surface area contributed by atoms with Gasteiger partial charge in [-0.3, -0.25) is 0 Å². The van der Waals surface area contributed by atoms with Gasteiger partial charge in [0.1, 0.15) is 5.76 Å². The van der Waals surface area contributed by atoms with Crippen LogP contribution >= 0.6 is 0 Å². The Hall–Kier alpha value is -2.69. The summed E-state index contributed by atoms with van der Waals surface area (Å²) in [5.74, 6) is -3.17. The molecule has 2 rings (SSSR count). The fourth-order valence-corrected chi connectivity index (χ4v) is 2.80. The number of alkyl halides is 3. The molecule has 7 nitrogen and oxygen atoms in total. The van der Waals surface area contributed by atoms with E-state index in [2.05, 4.69) is 14.9 Å². The molecular weight excluding hydrogens is 365 g/mol. The van der Waals surface area contributed by atoms with Gasteiger partial charge in [0.25, 0.3) is 9.84 Å². The van der Waals surface area contributed by atoms with E-state index in [0.717, 1.165) is 6.07 Å². The highest BCUT2D eigenvalue weighted by Gasteiger charge is 2.52. The lowest BCUT2D eigenvalue weighted by molar-refractivity contribution is -0.138. The third-order valence-corrected chi connectivity index (χ3v) is 4.58. The number of hydrogen-bond acceptors (Lipinski definition) is 7. The Labute approximate surface area is 139 Å². The zero-order valence-electron chi connectivity index (χ0n) is 12.6. The van der Waals surface area contributed by atoms with E-state index in [1.807, 2.05) is 0 Å². The van der Waals surface area contributed by atoms with Gasteiger partial charge in [-0.1, -0.05) is 12.1 Å². The second-order valence-electron chi connectivity index (χ2n) is 4.68. The van der Waals surface area contributed by atoms with Crippen LogP contribution in [0.2, 0.25) is 0 Å². The van der Waals surface area contributed by atoms with Crippen LogP contribution in [0.5, 0.6) is 0 Å². The number of aliphatic hydroxyl groups excluding tert-OH is 1. The van der Waals surface area contributed by atoms with E-state index in [1.54, 1.807) is 0 Å². The predicted molar refractivity (Wildman–Crippen MR) is 80.7 cm³/mol. The minimum atomic E-state index is -6.13. The van der Waals surface area contributed by atoms with Gasteiger partial charge in [-0.15, -0.1) is 0 Å². The van der Waals surface area contributed by atoms with Crippen molar-refractivity contribution >= 4 is 32.3 Å². The largest absolute Gasteiger partial charge is 0.506 e. The van der Waals surface area contributed by atoms with Crippen molar-refractivity contribution in [1.82, 2.24) is 10.2 Å². The summed E-state index contributed by atoms with van der Waals surface area (Å²) in [4.78, 5) is 9.90. The number of aromatic nitrogens is 2. The van der Waals surface area contributed by atoms with Gasteiger partial charge in [0.2, 0.25) is 4.91 Å². The molecular formula is C14H11F3N2O5S. The summed E-state index contributed by atoms with van der Waals surface area (Å²) in [7, 11) is -6.13. The topological polar surface area (TPSA) is 106 Å². The molecule has 0 spiro atoms. The number of rotatable bonds is 4. The van der Waals surface area contributed by atoms with E-state index in [0.29, 0.717) is 10.8 Å². The zero-order chi connectivity index (χ0) is 18.8. The fourth-order valence-electron chi connectivity index (χ4n) is 1.92. The lowest BCUT2D eigenvalue weighted by atomic mass is 10.1. The third kappa shape index (κ3) is 3.55. The molecule has 0 fully saturated rings. The summed E-state index contributed by atoms with van der Waals surface area (Å²) in [5, 5.41) is 18.2. The molecule has 0 bridgehead atoms. The van der Waals surface area contributed by atoms with E-state index >= 15 is 0 Å². The molecule has 0 unspecified atom stereocenters. The Bertz CT molecular complexity index is 954. The van der Waals surface area contributed by atoms with Gasteiger partial charge in [-0.25, -0.2) is 13.2 Å². The van der Waals surface area contributed by atoms with Crippen molar-refractivity contribution in [1.29, 1.82) is 0 Å². The van der Waals surface area contributed by atoms with Crippen LogP contribution in [0.4, 0.5) is 13.2 Å². The Kier molecular flexibility index (Phi) is 4.97. The van der Waals surface area contributed by atoms with E-state index in [4.69, 9.17) is 0 Å². The summed E-state index contributed by atoms with van der Waals surface area (Å²) < 4.78 is 66.3. The number of sulfone groups is 1. The van der Waals surface area contributed by atoms with Crippen molar-refractivity contribution in [3.05, 3.63) is 41.1 Å². The molecule has 0 radical (unpaired) electrons. The Balaban J connectivity index is 2.73. The van der Waals surface area contributed by atoms with Crippen molar-refractivity contribution < 1.29 is 36.2 Å². The fraction of sp³-hybridized carbons (Fsp3) is 0.214. The van der Waals surface area contributed by atoms with Crippen LogP contribution in [-0.4, -0.2) is 41.8 Å². The van der Waals surface area contributed by atoms with E-state index in [9.17, 15) is 31.5 Å².